The molecular formula is C11H13N3O2. The predicted molar refractivity (Wildman–Crippen MR) is 58.2 cm³/mol. The van der Waals surface area contributed by atoms with Crippen LogP contribution in [0.15, 0.2) is 24.3 Å². The van der Waals surface area contributed by atoms with E-state index in [9.17, 15) is 9.59 Å². The molecule has 0 bridgehead atoms. The van der Waals surface area contributed by atoms with Gasteiger partial charge in [-0.3, -0.25) is 15.0 Å². The Bertz CT molecular complexity index is 431. The lowest BCUT2D eigenvalue weighted by Crippen LogP contribution is -2.45. The highest BCUT2D eigenvalue weighted by Gasteiger charge is 2.26. The van der Waals surface area contributed by atoms with Crippen molar-refractivity contribution >= 4 is 11.8 Å². The number of rotatable bonds is 2. The third-order valence-corrected chi connectivity index (χ3v) is 2.81. The van der Waals surface area contributed by atoms with Crippen LogP contribution in [-0.4, -0.2) is 18.4 Å². The normalized spacial score (nSPS) is 16.9. The topological polar surface area (TPSA) is 84.2 Å². The summed E-state index contributed by atoms with van der Waals surface area (Å²) in [5.74, 6) is 3.65. The van der Waals surface area contributed by atoms with Gasteiger partial charge in [-0.1, -0.05) is 24.3 Å². The average molecular weight is 219 g/mol. The van der Waals surface area contributed by atoms with Crippen molar-refractivity contribution in [3.63, 3.8) is 0 Å². The molecule has 0 fully saturated rings. The minimum atomic E-state index is -0.812. The van der Waals surface area contributed by atoms with Gasteiger partial charge in [0.25, 0.3) is 0 Å². The van der Waals surface area contributed by atoms with Crippen molar-refractivity contribution in [1.29, 1.82) is 0 Å². The number of hydrogen-bond acceptors (Lipinski definition) is 3. The smallest absolute Gasteiger partial charge is 0.323 e. The maximum Gasteiger partial charge on any atom is 0.323 e. The monoisotopic (exact) mass is 219 g/mol. The summed E-state index contributed by atoms with van der Waals surface area (Å²) in [4.78, 5) is 22.0. The van der Waals surface area contributed by atoms with Gasteiger partial charge in [0.05, 0.1) is 0 Å². The van der Waals surface area contributed by atoms with Crippen molar-refractivity contribution in [3.05, 3.63) is 35.4 Å². The molecule has 0 radical (unpaired) electrons. The molecule has 2 amide bonds. The van der Waals surface area contributed by atoms with Crippen molar-refractivity contribution in [1.82, 2.24) is 10.7 Å². The number of amides is 2. The molecule has 4 N–H and O–H groups in total. The third kappa shape index (κ3) is 1.90. The zero-order chi connectivity index (χ0) is 11.5. The van der Waals surface area contributed by atoms with Gasteiger partial charge in [-0.05, 0) is 17.5 Å². The molecule has 0 saturated heterocycles. The largest absolute Gasteiger partial charge is 0.347 e. The van der Waals surface area contributed by atoms with Crippen LogP contribution in [0, 0.1) is 0 Å². The van der Waals surface area contributed by atoms with E-state index in [1.165, 1.54) is 11.1 Å². The number of nitrogens with two attached hydrogens (primary N) is 1. The zero-order valence-electron chi connectivity index (χ0n) is 8.69. The lowest BCUT2D eigenvalue weighted by atomic mass is 9.77. The fourth-order valence-corrected chi connectivity index (χ4v) is 1.91. The van der Waals surface area contributed by atoms with Crippen LogP contribution >= 0.6 is 0 Å². The molecule has 0 saturated carbocycles. The molecular weight excluding hydrogens is 206 g/mol. The second-order valence-electron chi connectivity index (χ2n) is 3.78. The highest BCUT2D eigenvalue weighted by atomic mass is 16.2. The molecule has 0 spiro atoms. The Hall–Kier alpha value is -1.88. The molecule has 5 nitrogen and oxygen atoms in total. The van der Waals surface area contributed by atoms with E-state index >= 15 is 0 Å². The number of hydrazine groups is 1. The Morgan fingerprint density at radius 3 is 2.75 bits per heavy atom. The van der Waals surface area contributed by atoms with E-state index in [-0.39, 0.29) is 0 Å². The molecule has 16 heavy (non-hydrogen) atoms. The SMILES string of the molecule is NNC(=O)C(=O)NCC1Cc2ccccc21. The minimum Gasteiger partial charge on any atom is -0.347 e. The number of carbonyl (C=O) groups excluding carboxylic acids is 2. The molecule has 1 unspecified atom stereocenters. The summed E-state index contributed by atoms with van der Waals surface area (Å²) in [6.07, 6.45) is 0.945. The summed E-state index contributed by atoms with van der Waals surface area (Å²) in [7, 11) is 0. The second-order valence-corrected chi connectivity index (χ2v) is 3.78. The fraction of sp³-hybridized carbons (Fsp3) is 0.273. The first-order valence-corrected chi connectivity index (χ1v) is 5.09. The van der Waals surface area contributed by atoms with Gasteiger partial charge in [0.2, 0.25) is 0 Å². The van der Waals surface area contributed by atoms with Gasteiger partial charge in [0.1, 0.15) is 0 Å². The minimum absolute atomic E-state index is 0.311. The second kappa shape index (κ2) is 4.32. The number of nitrogens with one attached hydrogen (secondary N) is 2. The molecule has 5 heteroatoms. The van der Waals surface area contributed by atoms with Crippen molar-refractivity contribution < 1.29 is 9.59 Å². The molecule has 1 aliphatic carbocycles. The zero-order valence-corrected chi connectivity index (χ0v) is 8.69. The fourth-order valence-electron chi connectivity index (χ4n) is 1.91. The van der Waals surface area contributed by atoms with Crippen LogP contribution in [0.5, 0.6) is 0 Å². The van der Waals surface area contributed by atoms with Gasteiger partial charge in [0, 0.05) is 12.5 Å². The van der Waals surface area contributed by atoms with E-state index < -0.39 is 11.8 Å². The van der Waals surface area contributed by atoms with Crippen molar-refractivity contribution in [2.24, 2.45) is 5.84 Å². The highest BCUT2D eigenvalue weighted by molar-refractivity contribution is 6.34. The Morgan fingerprint density at radius 2 is 2.06 bits per heavy atom. The van der Waals surface area contributed by atoms with Crippen molar-refractivity contribution in [2.75, 3.05) is 6.54 Å². The van der Waals surface area contributed by atoms with E-state index in [2.05, 4.69) is 11.4 Å². The predicted octanol–water partition coefficient (Wildman–Crippen LogP) is -0.568. The first-order chi connectivity index (χ1) is 7.72. The number of benzene rings is 1. The number of carbonyl (C=O) groups is 2. The van der Waals surface area contributed by atoms with Gasteiger partial charge < -0.3 is 5.32 Å². The van der Waals surface area contributed by atoms with Crippen molar-refractivity contribution in [3.8, 4) is 0 Å². The van der Waals surface area contributed by atoms with E-state index in [1.54, 1.807) is 5.43 Å². The molecule has 0 heterocycles. The van der Waals surface area contributed by atoms with Crippen LogP contribution in [0.25, 0.3) is 0 Å². The van der Waals surface area contributed by atoms with Crippen LogP contribution in [-0.2, 0) is 16.0 Å². The Labute approximate surface area is 93.0 Å². The third-order valence-electron chi connectivity index (χ3n) is 2.81. The molecule has 0 aliphatic heterocycles. The number of hydrogen-bond donors (Lipinski definition) is 3. The van der Waals surface area contributed by atoms with Crippen LogP contribution in [0.1, 0.15) is 17.0 Å². The van der Waals surface area contributed by atoms with E-state index in [1.807, 2.05) is 18.2 Å². The van der Waals surface area contributed by atoms with Crippen LogP contribution < -0.4 is 16.6 Å². The molecule has 1 aliphatic rings. The molecule has 1 atom stereocenters. The highest BCUT2D eigenvalue weighted by Crippen LogP contribution is 2.33. The summed E-state index contributed by atoms with van der Waals surface area (Å²) in [6.45, 7) is 0.475. The standard InChI is InChI=1S/C11H13N3O2/c12-14-11(16)10(15)13-6-8-5-7-3-1-2-4-9(7)8/h1-4,8H,5-6,12H2,(H,13,15)(H,14,16). The summed E-state index contributed by atoms with van der Waals surface area (Å²) in [5.41, 5.74) is 4.35. The first-order valence-electron chi connectivity index (χ1n) is 5.09. The van der Waals surface area contributed by atoms with Gasteiger partial charge in [-0.2, -0.15) is 0 Å². The summed E-state index contributed by atoms with van der Waals surface area (Å²) >= 11 is 0. The molecule has 84 valence electrons. The average Bonchev–Trinajstić information content (AvgIpc) is 2.29. The van der Waals surface area contributed by atoms with Gasteiger partial charge in [-0.25, -0.2) is 5.84 Å². The van der Waals surface area contributed by atoms with Gasteiger partial charge in [-0.15, -0.1) is 0 Å². The number of fused-ring (bicyclic) bond motifs is 1. The van der Waals surface area contributed by atoms with E-state index in [0.29, 0.717) is 12.5 Å². The van der Waals surface area contributed by atoms with Gasteiger partial charge >= 0.3 is 11.8 Å². The lowest BCUT2D eigenvalue weighted by molar-refractivity contribution is -0.139. The molecule has 1 aromatic carbocycles. The first kappa shape index (κ1) is 10.6. The Balaban J connectivity index is 1.86. The van der Waals surface area contributed by atoms with Crippen LogP contribution in [0.4, 0.5) is 0 Å². The summed E-state index contributed by atoms with van der Waals surface area (Å²) < 4.78 is 0. The lowest BCUT2D eigenvalue weighted by Gasteiger charge is -2.29. The van der Waals surface area contributed by atoms with Crippen LogP contribution in [0.2, 0.25) is 0 Å². The molecule has 1 aromatic rings. The Morgan fingerprint density at radius 1 is 1.31 bits per heavy atom. The maximum atomic E-state index is 11.1. The van der Waals surface area contributed by atoms with Crippen molar-refractivity contribution in [2.45, 2.75) is 12.3 Å². The molecule has 2 rings (SSSR count). The molecule has 0 aromatic heterocycles. The summed E-state index contributed by atoms with van der Waals surface area (Å²) in [6, 6.07) is 8.08. The van der Waals surface area contributed by atoms with E-state index in [4.69, 9.17) is 5.84 Å². The van der Waals surface area contributed by atoms with Gasteiger partial charge in [0.15, 0.2) is 0 Å². The summed E-state index contributed by atoms with van der Waals surface area (Å²) in [5, 5.41) is 2.55. The van der Waals surface area contributed by atoms with Crippen LogP contribution in [0.3, 0.4) is 0 Å². The maximum absolute atomic E-state index is 11.1. The van der Waals surface area contributed by atoms with E-state index in [0.717, 1.165) is 6.42 Å². The quantitative estimate of drug-likeness (QED) is 0.269. The Kier molecular flexibility index (Phi) is 2.87.